The monoisotopic (exact) mass is 369 g/mol. The van der Waals surface area contributed by atoms with Crippen molar-refractivity contribution in [2.75, 3.05) is 13.1 Å². The lowest BCUT2D eigenvalue weighted by molar-refractivity contribution is 0.0929. The van der Waals surface area contributed by atoms with Crippen LogP contribution in [0.5, 0.6) is 0 Å². The van der Waals surface area contributed by atoms with E-state index >= 15 is 0 Å². The molecule has 2 aromatic rings. The molecular weight excluding hydrogens is 349 g/mol. The van der Waals surface area contributed by atoms with Crippen molar-refractivity contribution < 1.29 is 4.79 Å². The number of nitrogens with zero attached hydrogens (tertiary/aromatic N) is 3. The summed E-state index contributed by atoms with van der Waals surface area (Å²) >= 11 is 6.26. The molecule has 1 amide bonds. The summed E-state index contributed by atoms with van der Waals surface area (Å²) in [4.78, 5) is 16.8. The number of para-hydroxylation sites is 1. The number of halogens is 2. The Morgan fingerprint density at radius 1 is 1.42 bits per heavy atom. The van der Waals surface area contributed by atoms with Crippen LogP contribution in [0.4, 0.5) is 0 Å². The Labute approximate surface area is 152 Å². The molecule has 1 unspecified atom stereocenters. The zero-order valence-electron chi connectivity index (χ0n) is 13.6. The van der Waals surface area contributed by atoms with Crippen molar-refractivity contribution in [3.05, 3.63) is 40.9 Å². The maximum atomic E-state index is 12.4. The SMILES string of the molecule is CC(C)c1nc(C(=O)NC2CCNC2)nn1-c1ccccc1Cl.Cl. The lowest BCUT2D eigenvalue weighted by Gasteiger charge is -2.09. The summed E-state index contributed by atoms with van der Waals surface area (Å²) in [5, 5.41) is 11.2. The van der Waals surface area contributed by atoms with Gasteiger partial charge in [-0.3, -0.25) is 4.79 Å². The summed E-state index contributed by atoms with van der Waals surface area (Å²) in [6.45, 7) is 5.73. The van der Waals surface area contributed by atoms with E-state index in [-0.39, 0.29) is 36.1 Å². The van der Waals surface area contributed by atoms with E-state index in [4.69, 9.17) is 11.6 Å². The number of hydrogen-bond acceptors (Lipinski definition) is 4. The Morgan fingerprint density at radius 3 is 2.79 bits per heavy atom. The van der Waals surface area contributed by atoms with E-state index in [1.807, 2.05) is 32.0 Å². The quantitative estimate of drug-likeness (QED) is 0.868. The van der Waals surface area contributed by atoms with Crippen LogP contribution in [0.3, 0.4) is 0 Å². The Hall–Kier alpha value is -1.63. The molecule has 8 heteroatoms. The summed E-state index contributed by atoms with van der Waals surface area (Å²) in [6.07, 6.45) is 0.925. The zero-order chi connectivity index (χ0) is 16.4. The van der Waals surface area contributed by atoms with Crippen LogP contribution in [-0.4, -0.2) is 39.8 Å². The molecule has 1 atom stereocenters. The highest BCUT2D eigenvalue weighted by Gasteiger charge is 2.23. The number of aromatic nitrogens is 3. The maximum Gasteiger partial charge on any atom is 0.291 e. The minimum Gasteiger partial charge on any atom is -0.345 e. The second-order valence-electron chi connectivity index (χ2n) is 5.97. The summed E-state index contributed by atoms with van der Waals surface area (Å²) < 4.78 is 1.66. The van der Waals surface area contributed by atoms with E-state index in [1.54, 1.807) is 10.7 Å². The van der Waals surface area contributed by atoms with Gasteiger partial charge < -0.3 is 10.6 Å². The van der Waals surface area contributed by atoms with Crippen LogP contribution in [0.1, 0.15) is 42.6 Å². The average molecular weight is 370 g/mol. The molecule has 1 fully saturated rings. The van der Waals surface area contributed by atoms with Crippen LogP contribution in [0, 0.1) is 0 Å². The summed E-state index contributed by atoms with van der Waals surface area (Å²) in [5.41, 5.74) is 0.729. The van der Waals surface area contributed by atoms with Crippen molar-refractivity contribution in [1.82, 2.24) is 25.4 Å². The molecule has 1 aliphatic heterocycles. The van der Waals surface area contributed by atoms with Gasteiger partial charge in [0.1, 0.15) is 5.82 Å². The standard InChI is InChI=1S/C16H20ClN5O.ClH/c1-10(2)15-20-14(16(23)19-11-7-8-18-9-11)21-22(15)13-6-4-3-5-12(13)17;/h3-6,10-11,18H,7-9H2,1-2H3,(H,19,23);1H. The number of benzene rings is 1. The first-order valence-corrected chi connectivity index (χ1v) is 8.17. The second-order valence-corrected chi connectivity index (χ2v) is 6.38. The minimum atomic E-state index is -0.244. The van der Waals surface area contributed by atoms with E-state index in [9.17, 15) is 4.79 Å². The predicted molar refractivity (Wildman–Crippen MR) is 96.4 cm³/mol. The van der Waals surface area contributed by atoms with Crippen LogP contribution < -0.4 is 10.6 Å². The second kappa shape index (κ2) is 7.96. The van der Waals surface area contributed by atoms with Crippen molar-refractivity contribution in [2.45, 2.75) is 32.2 Å². The van der Waals surface area contributed by atoms with Crippen LogP contribution in [-0.2, 0) is 0 Å². The Kier molecular flexibility index (Phi) is 6.21. The number of carbonyl (C=O) groups excluding carboxylic acids is 1. The van der Waals surface area contributed by atoms with Gasteiger partial charge in [-0.1, -0.05) is 37.6 Å². The highest BCUT2D eigenvalue weighted by atomic mass is 35.5. The molecule has 1 aromatic carbocycles. The number of hydrogen-bond donors (Lipinski definition) is 2. The molecule has 0 bridgehead atoms. The van der Waals surface area contributed by atoms with Crippen LogP contribution in [0.2, 0.25) is 5.02 Å². The molecule has 0 radical (unpaired) electrons. The topological polar surface area (TPSA) is 71.8 Å². The third-order valence-electron chi connectivity index (χ3n) is 3.83. The maximum absolute atomic E-state index is 12.4. The summed E-state index contributed by atoms with van der Waals surface area (Å²) in [6, 6.07) is 7.55. The summed E-state index contributed by atoms with van der Waals surface area (Å²) in [7, 11) is 0. The molecule has 0 spiro atoms. The molecule has 1 saturated heterocycles. The normalized spacial score (nSPS) is 16.9. The highest BCUT2D eigenvalue weighted by Crippen LogP contribution is 2.23. The predicted octanol–water partition coefficient (Wildman–Crippen LogP) is 2.56. The van der Waals surface area contributed by atoms with Crippen LogP contribution in [0.25, 0.3) is 5.69 Å². The largest absolute Gasteiger partial charge is 0.345 e. The van der Waals surface area contributed by atoms with Crippen molar-refractivity contribution in [3.8, 4) is 5.69 Å². The Morgan fingerprint density at radius 2 is 2.17 bits per heavy atom. The van der Waals surface area contributed by atoms with Gasteiger partial charge in [-0.25, -0.2) is 9.67 Å². The fraction of sp³-hybridized carbons (Fsp3) is 0.438. The average Bonchev–Trinajstić information content (AvgIpc) is 3.16. The first-order chi connectivity index (χ1) is 11.1. The molecule has 0 aliphatic carbocycles. The molecule has 1 aliphatic rings. The minimum absolute atomic E-state index is 0. The van der Waals surface area contributed by atoms with Crippen LogP contribution in [0.15, 0.2) is 24.3 Å². The molecule has 0 saturated carbocycles. The Balaban J connectivity index is 0.00000208. The van der Waals surface area contributed by atoms with Gasteiger partial charge in [0, 0.05) is 18.5 Å². The molecule has 2 heterocycles. The van der Waals surface area contributed by atoms with Gasteiger partial charge in [-0.05, 0) is 25.1 Å². The van der Waals surface area contributed by atoms with E-state index in [1.165, 1.54) is 0 Å². The summed E-state index contributed by atoms with van der Waals surface area (Å²) in [5.74, 6) is 0.771. The third-order valence-corrected chi connectivity index (χ3v) is 4.15. The van der Waals surface area contributed by atoms with Gasteiger partial charge in [0.05, 0.1) is 10.7 Å². The van der Waals surface area contributed by atoms with Gasteiger partial charge in [0.25, 0.3) is 5.91 Å². The number of carbonyl (C=O) groups is 1. The number of amides is 1. The lowest BCUT2D eigenvalue weighted by atomic mass is 10.2. The van der Waals surface area contributed by atoms with E-state index < -0.39 is 0 Å². The first kappa shape index (κ1) is 18.7. The number of rotatable bonds is 4. The molecule has 2 N–H and O–H groups in total. The van der Waals surface area contributed by atoms with Gasteiger partial charge in [-0.15, -0.1) is 17.5 Å². The molecule has 130 valence electrons. The van der Waals surface area contributed by atoms with Crippen molar-refractivity contribution in [3.63, 3.8) is 0 Å². The van der Waals surface area contributed by atoms with Crippen molar-refractivity contribution in [1.29, 1.82) is 0 Å². The fourth-order valence-corrected chi connectivity index (χ4v) is 2.84. The highest BCUT2D eigenvalue weighted by molar-refractivity contribution is 6.32. The van der Waals surface area contributed by atoms with Gasteiger partial charge in [0.15, 0.2) is 0 Å². The van der Waals surface area contributed by atoms with Crippen LogP contribution >= 0.6 is 24.0 Å². The molecule has 6 nitrogen and oxygen atoms in total. The zero-order valence-corrected chi connectivity index (χ0v) is 15.2. The number of nitrogens with one attached hydrogen (secondary N) is 2. The molecule has 1 aromatic heterocycles. The van der Waals surface area contributed by atoms with E-state index in [2.05, 4.69) is 20.7 Å². The third kappa shape index (κ3) is 3.88. The first-order valence-electron chi connectivity index (χ1n) is 7.79. The van der Waals surface area contributed by atoms with Gasteiger partial charge >= 0.3 is 0 Å². The fourth-order valence-electron chi connectivity index (χ4n) is 2.62. The molecule has 3 rings (SSSR count). The van der Waals surface area contributed by atoms with E-state index in [0.29, 0.717) is 10.8 Å². The molecule has 24 heavy (non-hydrogen) atoms. The van der Waals surface area contributed by atoms with Gasteiger partial charge in [0.2, 0.25) is 5.82 Å². The van der Waals surface area contributed by atoms with E-state index in [0.717, 1.165) is 25.2 Å². The Bertz CT molecular complexity index is 710. The van der Waals surface area contributed by atoms with Crippen molar-refractivity contribution >= 4 is 29.9 Å². The smallest absolute Gasteiger partial charge is 0.291 e. The molecular formula is C16H21Cl2N5O. The van der Waals surface area contributed by atoms with Crippen molar-refractivity contribution in [2.24, 2.45) is 0 Å². The van der Waals surface area contributed by atoms with Gasteiger partial charge in [-0.2, -0.15) is 0 Å². The lowest BCUT2D eigenvalue weighted by Crippen LogP contribution is -2.36.